The molecule has 0 aliphatic carbocycles. The molecule has 0 aliphatic rings. The number of hydrogen-bond donors (Lipinski definition) is 2. The van der Waals surface area contributed by atoms with Gasteiger partial charge in [0.1, 0.15) is 16.9 Å². The number of rotatable bonds is 4. The molecule has 0 spiro atoms. The number of carbonyl (C=O) groups excluding carboxylic acids is 1. The number of nitrogen functional groups attached to an aromatic ring is 1. The molecular weight excluding hydrogens is 383 g/mol. The van der Waals surface area contributed by atoms with Gasteiger partial charge >= 0.3 is 0 Å². The summed E-state index contributed by atoms with van der Waals surface area (Å²) in [4.78, 5) is 21.5. The van der Waals surface area contributed by atoms with Gasteiger partial charge < -0.3 is 11.1 Å². The first kappa shape index (κ1) is 18.5. The van der Waals surface area contributed by atoms with E-state index in [1.54, 1.807) is 24.3 Å². The third kappa shape index (κ3) is 2.87. The van der Waals surface area contributed by atoms with Crippen LogP contribution in [0.2, 0.25) is 0 Å². The van der Waals surface area contributed by atoms with Crippen molar-refractivity contribution in [1.29, 1.82) is 0 Å². The van der Waals surface area contributed by atoms with E-state index in [0.29, 0.717) is 11.0 Å². The average molecular weight is 397 g/mol. The van der Waals surface area contributed by atoms with Crippen LogP contribution in [0.1, 0.15) is 10.4 Å². The molecule has 2 heterocycles. The number of nitrogens with two attached hydrogens (primary N) is 1. The first-order chi connectivity index (χ1) is 13.9. The van der Waals surface area contributed by atoms with E-state index in [2.05, 4.69) is 21.9 Å². The molecule has 146 valence electrons. The summed E-state index contributed by atoms with van der Waals surface area (Å²) in [6.07, 6.45) is 1.48. The maximum atomic E-state index is 14.5. The van der Waals surface area contributed by atoms with Gasteiger partial charge in [-0.05, 0) is 24.3 Å². The van der Waals surface area contributed by atoms with Crippen LogP contribution in [-0.2, 0) is 0 Å². The smallest absolute Gasteiger partial charge is 0.257 e. The zero-order valence-corrected chi connectivity index (χ0v) is 14.9. The van der Waals surface area contributed by atoms with Crippen molar-refractivity contribution >= 4 is 33.9 Å². The summed E-state index contributed by atoms with van der Waals surface area (Å²) in [7, 11) is 0. The number of fused-ring (bicyclic) bond motifs is 2. The van der Waals surface area contributed by atoms with Gasteiger partial charge in [-0.25, -0.2) is 23.1 Å². The molecule has 0 saturated carbocycles. The summed E-state index contributed by atoms with van der Waals surface area (Å²) in [5, 5.41) is 2.58. The fourth-order valence-electron chi connectivity index (χ4n) is 3.07. The molecular formula is C20H14F3N5O. The summed E-state index contributed by atoms with van der Waals surface area (Å²) >= 11 is 0. The minimum atomic E-state index is -1.66. The Morgan fingerprint density at radius 3 is 2.48 bits per heavy atom. The minimum absolute atomic E-state index is 0.0369. The van der Waals surface area contributed by atoms with E-state index in [1.807, 2.05) is 0 Å². The molecule has 0 radical (unpaired) electrons. The fraction of sp³-hybridized carbons (Fsp3) is 0.0500. The molecule has 0 aliphatic heterocycles. The molecule has 4 rings (SSSR count). The van der Waals surface area contributed by atoms with Gasteiger partial charge in [-0.2, -0.15) is 0 Å². The Kier molecular flexibility index (Phi) is 4.42. The van der Waals surface area contributed by atoms with Crippen LogP contribution in [0.3, 0.4) is 0 Å². The second-order valence-electron chi connectivity index (χ2n) is 6.17. The Morgan fingerprint density at radius 2 is 1.79 bits per heavy atom. The molecule has 4 aromatic rings. The third-order valence-electron chi connectivity index (χ3n) is 4.39. The molecule has 0 saturated heterocycles. The number of amides is 1. The second-order valence-corrected chi connectivity index (χ2v) is 6.17. The summed E-state index contributed by atoms with van der Waals surface area (Å²) in [6.45, 7) is 3.69. The number of halogens is 3. The highest BCUT2D eigenvalue weighted by molar-refractivity contribution is 6.11. The maximum Gasteiger partial charge on any atom is 0.257 e. The van der Waals surface area contributed by atoms with Gasteiger partial charge in [0.25, 0.3) is 5.91 Å². The molecule has 29 heavy (non-hydrogen) atoms. The Morgan fingerprint density at radius 1 is 1.10 bits per heavy atom. The number of carbonyl (C=O) groups is 1. The number of para-hydroxylation sites is 2. The zero-order valence-electron chi connectivity index (χ0n) is 14.9. The minimum Gasteiger partial charge on any atom is -0.384 e. The molecule has 1 amide bonds. The number of nitrogens with zero attached hydrogens (tertiary/aromatic N) is 3. The van der Waals surface area contributed by atoms with E-state index < -0.39 is 29.0 Å². The molecule has 0 unspecified atom stereocenters. The normalized spacial score (nSPS) is 11.1. The molecule has 0 atom stereocenters. The van der Waals surface area contributed by atoms with Crippen molar-refractivity contribution in [2.24, 2.45) is 0 Å². The number of anilines is 1. The Bertz CT molecular complexity index is 1300. The number of aromatic nitrogens is 3. The van der Waals surface area contributed by atoms with Crippen LogP contribution in [0.25, 0.3) is 27.9 Å². The highest BCUT2D eigenvalue weighted by Crippen LogP contribution is 2.32. The van der Waals surface area contributed by atoms with E-state index in [-0.39, 0.29) is 29.1 Å². The number of nitrogens with one attached hydrogen (secondary N) is 1. The van der Waals surface area contributed by atoms with Crippen molar-refractivity contribution in [3.63, 3.8) is 0 Å². The molecule has 9 heteroatoms. The van der Waals surface area contributed by atoms with Gasteiger partial charge in [-0.1, -0.05) is 18.2 Å². The van der Waals surface area contributed by atoms with E-state index in [0.717, 1.165) is 16.7 Å². The van der Waals surface area contributed by atoms with Crippen molar-refractivity contribution in [1.82, 2.24) is 19.9 Å². The van der Waals surface area contributed by atoms with Crippen molar-refractivity contribution in [3.8, 4) is 5.69 Å². The zero-order chi connectivity index (χ0) is 20.7. The van der Waals surface area contributed by atoms with Crippen LogP contribution in [0, 0.1) is 17.5 Å². The van der Waals surface area contributed by atoms with Crippen LogP contribution < -0.4 is 11.1 Å². The highest BCUT2D eigenvalue weighted by atomic mass is 19.2. The van der Waals surface area contributed by atoms with Gasteiger partial charge in [0.2, 0.25) is 0 Å². The standard InChI is InChI=1S/C20H14F3N5O/c1-2-9-25-20(29)14-17-19(27-12-6-4-3-5-11(12)26-17)28(18(14)24)13-8-7-10(21)15(22)16(13)23/h2-8H,1,9,24H2,(H,25,29). The average Bonchev–Trinajstić information content (AvgIpc) is 2.99. The van der Waals surface area contributed by atoms with E-state index in [1.165, 1.54) is 6.08 Å². The lowest BCUT2D eigenvalue weighted by atomic mass is 10.2. The van der Waals surface area contributed by atoms with Crippen molar-refractivity contribution in [3.05, 3.63) is 72.1 Å². The lowest BCUT2D eigenvalue weighted by molar-refractivity contribution is 0.0960. The van der Waals surface area contributed by atoms with Gasteiger partial charge in [0.15, 0.2) is 23.1 Å². The molecule has 3 N–H and O–H groups in total. The molecule has 0 bridgehead atoms. The monoisotopic (exact) mass is 397 g/mol. The SMILES string of the molecule is C=CCNC(=O)c1c(N)n(-c2ccc(F)c(F)c2F)c2nc3ccccc3nc12. The van der Waals surface area contributed by atoms with E-state index in [9.17, 15) is 18.0 Å². The van der Waals surface area contributed by atoms with Crippen molar-refractivity contribution in [2.75, 3.05) is 12.3 Å². The molecule has 6 nitrogen and oxygen atoms in total. The van der Waals surface area contributed by atoms with Crippen LogP contribution in [0.5, 0.6) is 0 Å². The first-order valence-electron chi connectivity index (χ1n) is 8.53. The number of hydrogen-bond acceptors (Lipinski definition) is 4. The van der Waals surface area contributed by atoms with Gasteiger partial charge in [0, 0.05) is 6.54 Å². The van der Waals surface area contributed by atoms with E-state index >= 15 is 0 Å². The third-order valence-corrected chi connectivity index (χ3v) is 4.39. The first-order valence-corrected chi connectivity index (χ1v) is 8.53. The molecule has 0 fully saturated rings. The summed E-state index contributed by atoms with van der Waals surface area (Å²) in [6, 6.07) is 8.63. The molecule has 2 aromatic heterocycles. The quantitative estimate of drug-likeness (QED) is 0.408. The predicted molar refractivity (Wildman–Crippen MR) is 103 cm³/mol. The lowest BCUT2D eigenvalue weighted by Gasteiger charge is -2.10. The second kappa shape index (κ2) is 6.93. The lowest BCUT2D eigenvalue weighted by Crippen LogP contribution is -2.24. The largest absolute Gasteiger partial charge is 0.384 e. The summed E-state index contributed by atoms with van der Waals surface area (Å²) in [5.74, 6) is -5.25. The Labute approximate surface area is 162 Å². The number of benzene rings is 2. The van der Waals surface area contributed by atoms with Crippen LogP contribution in [0.15, 0.2) is 49.1 Å². The van der Waals surface area contributed by atoms with Crippen molar-refractivity contribution < 1.29 is 18.0 Å². The summed E-state index contributed by atoms with van der Waals surface area (Å²) < 4.78 is 42.9. The molecule has 2 aromatic carbocycles. The highest BCUT2D eigenvalue weighted by Gasteiger charge is 2.27. The Hall–Kier alpha value is -3.88. The van der Waals surface area contributed by atoms with Crippen LogP contribution in [-0.4, -0.2) is 27.0 Å². The predicted octanol–water partition coefficient (Wildman–Crippen LogP) is 3.49. The van der Waals surface area contributed by atoms with Gasteiger partial charge in [0.05, 0.1) is 16.7 Å². The van der Waals surface area contributed by atoms with Crippen LogP contribution >= 0.6 is 0 Å². The Balaban J connectivity index is 2.10. The summed E-state index contributed by atoms with van der Waals surface area (Å²) in [5.41, 5.74) is 6.80. The maximum absolute atomic E-state index is 14.5. The van der Waals surface area contributed by atoms with E-state index in [4.69, 9.17) is 5.73 Å². The van der Waals surface area contributed by atoms with Crippen molar-refractivity contribution in [2.45, 2.75) is 0 Å². The van der Waals surface area contributed by atoms with Crippen LogP contribution in [0.4, 0.5) is 19.0 Å². The van der Waals surface area contributed by atoms with Gasteiger partial charge in [-0.15, -0.1) is 6.58 Å². The topological polar surface area (TPSA) is 85.8 Å². The van der Waals surface area contributed by atoms with Gasteiger partial charge in [-0.3, -0.25) is 9.36 Å². The fourth-order valence-corrected chi connectivity index (χ4v) is 3.07.